The summed E-state index contributed by atoms with van der Waals surface area (Å²) in [6, 6.07) is 0.147. The number of rotatable bonds is 3. The van der Waals surface area contributed by atoms with Gasteiger partial charge in [0.25, 0.3) is 0 Å². The van der Waals surface area contributed by atoms with Gasteiger partial charge in [-0.2, -0.15) is 0 Å². The van der Waals surface area contributed by atoms with Crippen LogP contribution in [0.5, 0.6) is 0 Å². The molecule has 8 heteroatoms. The SMILES string of the molecule is CC1CCN(C(=O)C2CCN(S(C)(=O)=O)CC2)C(CN)C1.Cl. The summed E-state index contributed by atoms with van der Waals surface area (Å²) in [6.45, 7) is 4.40. The van der Waals surface area contributed by atoms with Crippen molar-refractivity contribution in [3.63, 3.8) is 0 Å². The average Bonchev–Trinajstić information content (AvgIpc) is 2.45. The minimum atomic E-state index is -3.13. The molecule has 0 radical (unpaired) electrons. The van der Waals surface area contributed by atoms with Crippen LogP contribution in [0.15, 0.2) is 0 Å². The number of carbonyl (C=O) groups is 1. The summed E-state index contributed by atoms with van der Waals surface area (Å²) in [6.07, 6.45) is 4.48. The van der Waals surface area contributed by atoms with E-state index in [0.29, 0.717) is 38.4 Å². The molecule has 2 saturated heterocycles. The standard InChI is InChI=1S/C14H27N3O3S.ClH/c1-11-3-8-17(13(9-11)10-15)14(18)12-4-6-16(7-5-12)21(2,19)20;/h11-13H,3-10,15H2,1-2H3;1H. The lowest BCUT2D eigenvalue weighted by Gasteiger charge is -2.41. The molecule has 2 aliphatic rings. The summed E-state index contributed by atoms with van der Waals surface area (Å²) in [5.41, 5.74) is 5.82. The van der Waals surface area contributed by atoms with Gasteiger partial charge in [-0.25, -0.2) is 12.7 Å². The Morgan fingerprint density at radius 1 is 1.18 bits per heavy atom. The molecule has 0 spiro atoms. The zero-order chi connectivity index (χ0) is 15.6. The normalized spacial score (nSPS) is 28.2. The van der Waals surface area contributed by atoms with Crippen molar-refractivity contribution >= 4 is 28.3 Å². The van der Waals surface area contributed by atoms with Crippen LogP contribution in [0.3, 0.4) is 0 Å². The summed E-state index contributed by atoms with van der Waals surface area (Å²) < 4.78 is 24.5. The molecule has 2 fully saturated rings. The third-order valence-electron chi connectivity index (χ3n) is 4.81. The van der Waals surface area contributed by atoms with Crippen LogP contribution >= 0.6 is 12.4 Å². The zero-order valence-electron chi connectivity index (χ0n) is 13.4. The Hall–Kier alpha value is -0.370. The van der Waals surface area contributed by atoms with Crippen LogP contribution in [-0.2, 0) is 14.8 Å². The monoisotopic (exact) mass is 353 g/mol. The minimum absolute atomic E-state index is 0. The lowest BCUT2D eigenvalue weighted by atomic mass is 9.89. The van der Waals surface area contributed by atoms with Gasteiger partial charge >= 0.3 is 0 Å². The number of nitrogens with zero attached hydrogens (tertiary/aromatic N) is 2. The number of carbonyl (C=O) groups excluding carboxylic acids is 1. The van der Waals surface area contributed by atoms with E-state index in [1.54, 1.807) is 0 Å². The highest BCUT2D eigenvalue weighted by atomic mass is 35.5. The summed E-state index contributed by atoms with van der Waals surface area (Å²) >= 11 is 0. The third-order valence-corrected chi connectivity index (χ3v) is 6.11. The highest BCUT2D eigenvalue weighted by Crippen LogP contribution is 2.27. The summed E-state index contributed by atoms with van der Waals surface area (Å²) in [4.78, 5) is 14.6. The van der Waals surface area contributed by atoms with Crippen LogP contribution in [0.1, 0.15) is 32.6 Å². The van der Waals surface area contributed by atoms with Crippen molar-refractivity contribution in [2.75, 3.05) is 32.4 Å². The van der Waals surface area contributed by atoms with Gasteiger partial charge in [-0.3, -0.25) is 4.79 Å². The number of halogens is 1. The summed E-state index contributed by atoms with van der Waals surface area (Å²) in [5.74, 6) is 0.741. The van der Waals surface area contributed by atoms with Crippen molar-refractivity contribution in [1.82, 2.24) is 9.21 Å². The number of likely N-dealkylation sites (tertiary alicyclic amines) is 1. The van der Waals surface area contributed by atoms with Gasteiger partial charge in [0, 0.05) is 38.1 Å². The lowest BCUT2D eigenvalue weighted by molar-refractivity contribution is -0.141. The molecule has 130 valence electrons. The zero-order valence-corrected chi connectivity index (χ0v) is 15.0. The van der Waals surface area contributed by atoms with E-state index in [1.807, 2.05) is 4.90 Å². The van der Waals surface area contributed by atoms with Crippen LogP contribution in [0.25, 0.3) is 0 Å². The molecule has 0 aromatic rings. The number of nitrogens with two attached hydrogens (primary N) is 1. The first-order chi connectivity index (χ1) is 9.82. The first-order valence-corrected chi connectivity index (χ1v) is 9.63. The minimum Gasteiger partial charge on any atom is -0.338 e. The second-order valence-corrected chi connectivity index (χ2v) is 8.47. The van der Waals surface area contributed by atoms with Crippen LogP contribution in [0.2, 0.25) is 0 Å². The van der Waals surface area contributed by atoms with Gasteiger partial charge in [-0.15, -0.1) is 12.4 Å². The number of hydrogen-bond acceptors (Lipinski definition) is 4. The van der Waals surface area contributed by atoms with Crippen molar-refractivity contribution in [2.24, 2.45) is 17.6 Å². The van der Waals surface area contributed by atoms with E-state index in [-0.39, 0.29) is 30.3 Å². The molecule has 2 rings (SSSR count). The van der Waals surface area contributed by atoms with Crippen molar-refractivity contribution in [1.29, 1.82) is 0 Å². The molecule has 0 aromatic carbocycles. The molecule has 0 bridgehead atoms. The second kappa shape index (κ2) is 7.95. The predicted molar refractivity (Wildman–Crippen MR) is 89.3 cm³/mol. The Labute approximate surface area is 139 Å². The molecule has 0 aromatic heterocycles. The fraction of sp³-hybridized carbons (Fsp3) is 0.929. The summed E-state index contributed by atoms with van der Waals surface area (Å²) in [5, 5.41) is 0. The van der Waals surface area contributed by atoms with Crippen molar-refractivity contribution in [3.8, 4) is 0 Å². The van der Waals surface area contributed by atoms with E-state index in [9.17, 15) is 13.2 Å². The van der Waals surface area contributed by atoms with Gasteiger partial charge in [0.2, 0.25) is 15.9 Å². The number of piperidine rings is 2. The molecule has 2 aliphatic heterocycles. The van der Waals surface area contributed by atoms with Crippen molar-refractivity contribution in [2.45, 2.75) is 38.6 Å². The first kappa shape index (κ1) is 19.7. The Kier molecular flexibility index (Phi) is 7.11. The average molecular weight is 354 g/mol. The number of hydrogen-bond donors (Lipinski definition) is 1. The largest absolute Gasteiger partial charge is 0.338 e. The number of amides is 1. The van der Waals surface area contributed by atoms with Gasteiger partial charge < -0.3 is 10.6 Å². The van der Waals surface area contributed by atoms with Crippen LogP contribution in [0, 0.1) is 11.8 Å². The molecule has 22 heavy (non-hydrogen) atoms. The van der Waals surface area contributed by atoms with Gasteiger partial charge in [-0.1, -0.05) is 6.92 Å². The second-order valence-electron chi connectivity index (χ2n) is 6.49. The predicted octanol–water partition coefficient (Wildman–Crippen LogP) is 0.666. The molecule has 2 unspecified atom stereocenters. The maximum Gasteiger partial charge on any atom is 0.226 e. The quantitative estimate of drug-likeness (QED) is 0.808. The highest BCUT2D eigenvalue weighted by molar-refractivity contribution is 7.88. The molecule has 2 heterocycles. The van der Waals surface area contributed by atoms with E-state index >= 15 is 0 Å². The van der Waals surface area contributed by atoms with E-state index in [0.717, 1.165) is 19.4 Å². The molecular formula is C14H28ClN3O3S. The van der Waals surface area contributed by atoms with E-state index in [2.05, 4.69) is 6.92 Å². The van der Waals surface area contributed by atoms with Gasteiger partial charge in [0.1, 0.15) is 0 Å². The van der Waals surface area contributed by atoms with E-state index in [1.165, 1.54) is 10.6 Å². The van der Waals surface area contributed by atoms with Crippen molar-refractivity contribution < 1.29 is 13.2 Å². The maximum atomic E-state index is 12.7. The molecule has 0 aliphatic carbocycles. The lowest BCUT2D eigenvalue weighted by Crippen LogP contribution is -2.52. The summed E-state index contributed by atoms with van der Waals surface area (Å²) in [7, 11) is -3.13. The fourth-order valence-corrected chi connectivity index (χ4v) is 4.31. The van der Waals surface area contributed by atoms with E-state index < -0.39 is 10.0 Å². The molecule has 6 nitrogen and oxygen atoms in total. The van der Waals surface area contributed by atoms with Crippen LogP contribution < -0.4 is 5.73 Å². The Morgan fingerprint density at radius 3 is 2.27 bits per heavy atom. The van der Waals surface area contributed by atoms with Gasteiger partial charge in [0.05, 0.1) is 6.26 Å². The topological polar surface area (TPSA) is 83.7 Å². The maximum absolute atomic E-state index is 12.7. The van der Waals surface area contributed by atoms with Crippen LogP contribution in [0.4, 0.5) is 0 Å². The molecule has 2 atom stereocenters. The van der Waals surface area contributed by atoms with Gasteiger partial charge in [-0.05, 0) is 31.6 Å². The molecule has 0 saturated carbocycles. The Morgan fingerprint density at radius 2 is 1.77 bits per heavy atom. The molecular weight excluding hydrogens is 326 g/mol. The first-order valence-electron chi connectivity index (χ1n) is 7.78. The molecule has 1 amide bonds. The van der Waals surface area contributed by atoms with Gasteiger partial charge in [0.15, 0.2) is 0 Å². The smallest absolute Gasteiger partial charge is 0.226 e. The highest BCUT2D eigenvalue weighted by Gasteiger charge is 2.35. The van der Waals surface area contributed by atoms with E-state index in [4.69, 9.17) is 5.73 Å². The Bertz CT molecular complexity index is 478. The van der Waals surface area contributed by atoms with Crippen LogP contribution in [-0.4, -0.2) is 62.0 Å². The third kappa shape index (κ3) is 4.57. The number of sulfonamides is 1. The Balaban J connectivity index is 0.00000242. The van der Waals surface area contributed by atoms with Crippen molar-refractivity contribution in [3.05, 3.63) is 0 Å². The fourth-order valence-electron chi connectivity index (χ4n) is 3.43. The molecule has 2 N–H and O–H groups in total.